The molecule has 0 spiro atoms. The van der Waals surface area contributed by atoms with Crippen molar-refractivity contribution in [2.45, 2.75) is 31.8 Å². The summed E-state index contributed by atoms with van der Waals surface area (Å²) in [7, 11) is 0. The molecule has 1 saturated heterocycles. The second-order valence-corrected chi connectivity index (χ2v) is 7.82. The number of amides is 1. The molecule has 5 nitrogen and oxygen atoms in total. The lowest BCUT2D eigenvalue weighted by Gasteiger charge is -2.41. The van der Waals surface area contributed by atoms with Gasteiger partial charge in [-0.3, -0.25) is 9.48 Å². The molecular formula is C23H21ClN4O. The zero-order valence-electron chi connectivity index (χ0n) is 16.0. The Balaban J connectivity index is 1.33. The molecule has 0 N–H and O–H groups in total. The van der Waals surface area contributed by atoms with Gasteiger partial charge in [-0.25, -0.2) is 0 Å². The number of fused-ring (bicyclic) bond motifs is 1. The van der Waals surface area contributed by atoms with Crippen molar-refractivity contribution < 1.29 is 4.79 Å². The molecule has 2 heterocycles. The van der Waals surface area contributed by atoms with Crippen LogP contribution in [0, 0.1) is 11.3 Å². The average molecular weight is 405 g/mol. The van der Waals surface area contributed by atoms with Crippen molar-refractivity contribution in [1.82, 2.24) is 14.7 Å². The predicted molar refractivity (Wildman–Crippen MR) is 113 cm³/mol. The SMILES string of the molecule is C=C(CCC(=O)N1CCC1c1ccc(Cl)cc1)Cn1ncc2cc(C#N)ccc21. The fourth-order valence-corrected chi connectivity index (χ4v) is 3.84. The number of nitriles is 1. The molecule has 1 amide bonds. The summed E-state index contributed by atoms with van der Waals surface area (Å²) in [6.07, 6.45) is 3.81. The summed E-state index contributed by atoms with van der Waals surface area (Å²) in [6.45, 7) is 5.49. The van der Waals surface area contributed by atoms with Gasteiger partial charge in [-0.05, 0) is 48.7 Å². The molecule has 1 atom stereocenters. The highest BCUT2D eigenvalue weighted by molar-refractivity contribution is 6.30. The van der Waals surface area contributed by atoms with Crippen LogP contribution in [0.25, 0.3) is 10.9 Å². The molecule has 6 heteroatoms. The van der Waals surface area contributed by atoms with E-state index in [1.807, 2.05) is 46.0 Å². The fourth-order valence-electron chi connectivity index (χ4n) is 3.72. The zero-order valence-corrected chi connectivity index (χ0v) is 16.8. The Labute approximate surface area is 174 Å². The summed E-state index contributed by atoms with van der Waals surface area (Å²) in [5.41, 5.74) is 3.66. The van der Waals surface area contributed by atoms with E-state index in [1.165, 1.54) is 0 Å². The minimum Gasteiger partial charge on any atom is -0.335 e. The van der Waals surface area contributed by atoms with Gasteiger partial charge in [0.15, 0.2) is 0 Å². The first-order chi connectivity index (χ1) is 14.0. The van der Waals surface area contributed by atoms with Crippen molar-refractivity contribution in [3.8, 4) is 6.07 Å². The first-order valence-corrected chi connectivity index (χ1v) is 10.00. The maximum Gasteiger partial charge on any atom is 0.223 e. The number of hydrogen-bond acceptors (Lipinski definition) is 3. The van der Waals surface area contributed by atoms with Gasteiger partial charge in [0.05, 0.1) is 35.9 Å². The maximum atomic E-state index is 12.7. The number of carbonyl (C=O) groups excluding carboxylic acids is 1. The van der Waals surface area contributed by atoms with Crippen molar-refractivity contribution >= 4 is 28.4 Å². The third-order valence-corrected chi connectivity index (χ3v) is 5.68. The average Bonchev–Trinajstić information content (AvgIpc) is 3.09. The molecule has 1 aliphatic heterocycles. The number of rotatable bonds is 6. The van der Waals surface area contributed by atoms with E-state index in [0.717, 1.165) is 35.0 Å². The van der Waals surface area contributed by atoms with Crippen molar-refractivity contribution in [2.24, 2.45) is 0 Å². The molecule has 146 valence electrons. The van der Waals surface area contributed by atoms with E-state index in [4.69, 9.17) is 16.9 Å². The Morgan fingerprint density at radius 1 is 1.24 bits per heavy atom. The van der Waals surface area contributed by atoms with Gasteiger partial charge in [-0.1, -0.05) is 35.9 Å². The van der Waals surface area contributed by atoms with E-state index in [1.54, 1.807) is 12.3 Å². The zero-order chi connectivity index (χ0) is 20.4. The lowest BCUT2D eigenvalue weighted by molar-refractivity contribution is -0.139. The molecule has 1 fully saturated rings. The van der Waals surface area contributed by atoms with Crippen molar-refractivity contribution in [2.75, 3.05) is 6.54 Å². The largest absolute Gasteiger partial charge is 0.335 e. The number of halogens is 1. The highest BCUT2D eigenvalue weighted by Gasteiger charge is 2.32. The van der Waals surface area contributed by atoms with Crippen LogP contribution in [0.15, 0.2) is 60.8 Å². The van der Waals surface area contributed by atoms with Gasteiger partial charge in [0.1, 0.15) is 0 Å². The number of benzene rings is 2. The Kier molecular flexibility index (Phi) is 5.37. The lowest BCUT2D eigenvalue weighted by Crippen LogP contribution is -2.45. The van der Waals surface area contributed by atoms with Crippen molar-refractivity contribution in [1.29, 1.82) is 5.26 Å². The van der Waals surface area contributed by atoms with Crippen LogP contribution in [-0.2, 0) is 11.3 Å². The van der Waals surface area contributed by atoms with Crippen molar-refractivity contribution in [3.05, 3.63) is 77.0 Å². The van der Waals surface area contributed by atoms with Gasteiger partial charge in [0.2, 0.25) is 5.91 Å². The van der Waals surface area contributed by atoms with Crippen LogP contribution in [0.3, 0.4) is 0 Å². The van der Waals surface area contributed by atoms with Crippen LogP contribution in [0.1, 0.15) is 36.4 Å². The molecule has 29 heavy (non-hydrogen) atoms. The number of aromatic nitrogens is 2. The first-order valence-electron chi connectivity index (χ1n) is 9.62. The molecule has 0 bridgehead atoms. The minimum absolute atomic E-state index is 0.150. The van der Waals surface area contributed by atoms with Gasteiger partial charge in [0, 0.05) is 23.4 Å². The normalized spacial score (nSPS) is 15.7. The van der Waals surface area contributed by atoms with Crippen LogP contribution in [0.5, 0.6) is 0 Å². The summed E-state index contributed by atoms with van der Waals surface area (Å²) in [5.74, 6) is 0.154. The van der Waals surface area contributed by atoms with E-state index >= 15 is 0 Å². The second-order valence-electron chi connectivity index (χ2n) is 7.38. The molecule has 3 aromatic rings. The summed E-state index contributed by atoms with van der Waals surface area (Å²) >= 11 is 5.96. The van der Waals surface area contributed by atoms with Crippen LogP contribution < -0.4 is 0 Å². The van der Waals surface area contributed by atoms with E-state index in [-0.39, 0.29) is 11.9 Å². The molecule has 2 aromatic carbocycles. The maximum absolute atomic E-state index is 12.7. The predicted octanol–water partition coefficient (Wildman–Crippen LogP) is 4.87. The smallest absolute Gasteiger partial charge is 0.223 e. The van der Waals surface area contributed by atoms with Crippen molar-refractivity contribution in [3.63, 3.8) is 0 Å². The van der Waals surface area contributed by atoms with E-state index in [2.05, 4.69) is 17.7 Å². The lowest BCUT2D eigenvalue weighted by atomic mass is 9.94. The fraction of sp³-hybridized carbons (Fsp3) is 0.261. The molecule has 0 radical (unpaired) electrons. The van der Waals surface area contributed by atoms with Crippen LogP contribution in [0.2, 0.25) is 5.02 Å². The Morgan fingerprint density at radius 3 is 2.72 bits per heavy atom. The van der Waals surface area contributed by atoms with Gasteiger partial charge >= 0.3 is 0 Å². The quantitative estimate of drug-likeness (QED) is 0.550. The Morgan fingerprint density at radius 2 is 2.03 bits per heavy atom. The van der Waals surface area contributed by atoms with Gasteiger partial charge in [-0.15, -0.1) is 0 Å². The monoisotopic (exact) mass is 404 g/mol. The summed E-state index contributed by atoms with van der Waals surface area (Å²) < 4.78 is 1.86. The molecule has 1 aromatic heterocycles. The van der Waals surface area contributed by atoms with Crippen LogP contribution in [0.4, 0.5) is 0 Å². The summed E-state index contributed by atoms with van der Waals surface area (Å²) in [4.78, 5) is 14.6. The van der Waals surface area contributed by atoms with E-state index in [9.17, 15) is 4.79 Å². The number of hydrogen-bond donors (Lipinski definition) is 0. The summed E-state index contributed by atoms with van der Waals surface area (Å²) in [5, 5.41) is 15.0. The Bertz CT molecular complexity index is 1110. The van der Waals surface area contributed by atoms with Crippen LogP contribution >= 0.6 is 11.6 Å². The minimum atomic E-state index is 0.150. The molecule has 0 aliphatic carbocycles. The van der Waals surface area contributed by atoms with E-state index in [0.29, 0.717) is 30.0 Å². The third-order valence-electron chi connectivity index (χ3n) is 5.43. The van der Waals surface area contributed by atoms with Gasteiger partial charge in [-0.2, -0.15) is 10.4 Å². The highest BCUT2D eigenvalue weighted by atomic mass is 35.5. The van der Waals surface area contributed by atoms with Gasteiger partial charge in [0.25, 0.3) is 0 Å². The standard InChI is InChI=1S/C23H21ClN4O/c1-16(15-28-22-8-3-17(13-25)12-19(22)14-26-28)2-9-23(29)27-11-10-21(27)18-4-6-20(24)7-5-18/h3-8,12,14,21H,1-2,9-11,15H2. The Hall–Kier alpha value is -3.10. The van der Waals surface area contributed by atoms with Gasteiger partial charge < -0.3 is 4.90 Å². The molecule has 0 saturated carbocycles. The molecule has 1 unspecified atom stereocenters. The number of likely N-dealkylation sites (tertiary alicyclic amines) is 1. The number of allylic oxidation sites excluding steroid dienone is 1. The molecule has 4 rings (SSSR count). The highest BCUT2D eigenvalue weighted by Crippen LogP contribution is 2.34. The summed E-state index contributed by atoms with van der Waals surface area (Å²) in [6, 6.07) is 15.5. The molecule has 1 aliphatic rings. The third kappa shape index (κ3) is 4.03. The number of carbonyl (C=O) groups is 1. The molecular weight excluding hydrogens is 384 g/mol. The van der Waals surface area contributed by atoms with E-state index < -0.39 is 0 Å². The number of nitrogens with zero attached hydrogens (tertiary/aromatic N) is 4. The second kappa shape index (κ2) is 8.10. The van der Waals surface area contributed by atoms with Crippen LogP contribution in [-0.4, -0.2) is 27.1 Å². The first kappa shape index (κ1) is 19.2. The topological polar surface area (TPSA) is 61.9 Å².